The highest BCUT2D eigenvalue weighted by Crippen LogP contribution is 2.10. The molecule has 0 fully saturated rings. The van der Waals surface area contributed by atoms with E-state index in [1.807, 2.05) is 26.2 Å². The number of aryl methyl sites for hydroxylation is 1. The maximum atomic E-state index is 5.88. The van der Waals surface area contributed by atoms with Crippen molar-refractivity contribution in [3.63, 3.8) is 0 Å². The van der Waals surface area contributed by atoms with Crippen molar-refractivity contribution in [1.82, 2.24) is 9.78 Å². The van der Waals surface area contributed by atoms with Crippen molar-refractivity contribution in [3.05, 3.63) is 24.5 Å². The van der Waals surface area contributed by atoms with E-state index in [0.29, 0.717) is 0 Å². The molecule has 0 saturated heterocycles. The second-order valence-corrected chi connectivity index (χ2v) is 4.00. The molecule has 0 bridgehead atoms. The summed E-state index contributed by atoms with van der Waals surface area (Å²) in [5, 5.41) is 4.09. The van der Waals surface area contributed by atoms with E-state index < -0.39 is 0 Å². The van der Waals surface area contributed by atoms with Gasteiger partial charge in [-0.3, -0.25) is 0 Å². The van der Waals surface area contributed by atoms with Crippen LogP contribution in [-0.2, 0) is 6.42 Å². The van der Waals surface area contributed by atoms with Crippen molar-refractivity contribution in [3.8, 4) is 0 Å². The largest absolute Gasteiger partial charge is 0.326 e. The summed E-state index contributed by atoms with van der Waals surface area (Å²) >= 11 is 0. The highest BCUT2D eigenvalue weighted by molar-refractivity contribution is 5.17. The van der Waals surface area contributed by atoms with Crippen LogP contribution in [-0.4, -0.2) is 15.3 Å². The Hall–Kier alpha value is -1.09. The van der Waals surface area contributed by atoms with E-state index in [-0.39, 0.29) is 5.54 Å². The zero-order valence-corrected chi connectivity index (χ0v) is 8.33. The van der Waals surface area contributed by atoms with Gasteiger partial charge in [0.15, 0.2) is 0 Å². The molecular weight excluding hydrogens is 162 g/mol. The van der Waals surface area contributed by atoms with Crippen molar-refractivity contribution >= 4 is 6.20 Å². The Bertz CT molecular complexity index is 281. The van der Waals surface area contributed by atoms with E-state index >= 15 is 0 Å². The van der Waals surface area contributed by atoms with Gasteiger partial charge in [0.2, 0.25) is 0 Å². The van der Waals surface area contributed by atoms with Crippen molar-refractivity contribution in [1.29, 1.82) is 0 Å². The minimum atomic E-state index is -0.101. The Balaban J connectivity index is 2.50. The van der Waals surface area contributed by atoms with Crippen LogP contribution in [0.4, 0.5) is 0 Å². The predicted octanol–water partition coefficient (Wildman–Crippen LogP) is 1.65. The summed E-state index contributed by atoms with van der Waals surface area (Å²) in [5.74, 6) is 0. The third-order valence-electron chi connectivity index (χ3n) is 1.90. The van der Waals surface area contributed by atoms with Crippen LogP contribution in [0.1, 0.15) is 25.8 Å². The summed E-state index contributed by atoms with van der Waals surface area (Å²) in [6.45, 7) is 7.69. The lowest BCUT2D eigenvalue weighted by Gasteiger charge is -2.17. The second-order valence-electron chi connectivity index (χ2n) is 4.00. The first kappa shape index (κ1) is 9.99. The van der Waals surface area contributed by atoms with Gasteiger partial charge in [0.05, 0.1) is 6.20 Å². The number of nitrogens with zero attached hydrogens (tertiary/aromatic N) is 2. The van der Waals surface area contributed by atoms with Gasteiger partial charge in [0.25, 0.3) is 0 Å². The Morgan fingerprint density at radius 1 is 1.69 bits per heavy atom. The molecular formula is C10H17N3. The molecule has 0 spiro atoms. The molecule has 0 saturated carbocycles. The molecule has 0 atom stereocenters. The van der Waals surface area contributed by atoms with Gasteiger partial charge < -0.3 is 5.73 Å². The predicted molar refractivity (Wildman–Crippen MR) is 55.2 cm³/mol. The van der Waals surface area contributed by atoms with Gasteiger partial charge in [0.1, 0.15) is 0 Å². The molecule has 0 unspecified atom stereocenters. The standard InChI is InChI=1S/C10H17N3/c1-4-13-8-9(7-12-13)5-6-10(2,3)11/h4,7-8H,1,5-6,11H2,2-3H3. The molecule has 72 valence electrons. The van der Waals surface area contributed by atoms with Crippen molar-refractivity contribution < 1.29 is 0 Å². The molecule has 0 aliphatic rings. The van der Waals surface area contributed by atoms with Crippen molar-refractivity contribution in [2.45, 2.75) is 32.2 Å². The van der Waals surface area contributed by atoms with Gasteiger partial charge in [-0.15, -0.1) is 0 Å². The number of hydrogen-bond acceptors (Lipinski definition) is 2. The normalized spacial score (nSPS) is 11.6. The molecule has 3 heteroatoms. The van der Waals surface area contributed by atoms with Gasteiger partial charge in [-0.2, -0.15) is 5.10 Å². The van der Waals surface area contributed by atoms with Crippen LogP contribution in [0.2, 0.25) is 0 Å². The van der Waals surface area contributed by atoms with Gasteiger partial charge >= 0.3 is 0 Å². The fourth-order valence-electron chi connectivity index (χ4n) is 1.07. The monoisotopic (exact) mass is 179 g/mol. The Morgan fingerprint density at radius 2 is 2.38 bits per heavy atom. The number of rotatable bonds is 4. The van der Waals surface area contributed by atoms with Crippen LogP contribution in [0.15, 0.2) is 19.0 Å². The van der Waals surface area contributed by atoms with E-state index in [4.69, 9.17) is 5.73 Å². The van der Waals surface area contributed by atoms with Crippen LogP contribution < -0.4 is 5.73 Å². The molecule has 1 heterocycles. The Kier molecular flexibility index (Phi) is 2.88. The second kappa shape index (κ2) is 3.75. The van der Waals surface area contributed by atoms with E-state index in [1.165, 1.54) is 5.56 Å². The zero-order valence-electron chi connectivity index (χ0n) is 8.33. The van der Waals surface area contributed by atoms with E-state index in [2.05, 4.69) is 11.7 Å². The van der Waals surface area contributed by atoms with Crippen LogP contribution in [0.3, 0.4) is 0 Å². The number of aromatic nitrogens is 2. The van der Waals surface area contributed by atoms with Crippen LogP contribution >= 0.6 is 0 Å². The summed E-state index contributed by atoms with van der Waals surface area (Å²) in [4.78, 5) is 0. The van der Waals surface area contributed by atoms with Crippen molar-refractivity contribution in [2.24, 2.45) is 5.73 Å². The quantitative estimate of drug-likeness (QED) is 0.763. The Morgan fingerprint density at radius 3 is 2.85 bits per heavy atom. The van der Waals surface area contributed by atoms with E-state index in [9.17, 15) is 0 Å². The molecule has 1 aromatic rings. The molecule has 2 N–H and O–H groups in total. The van der Waals surface area contributed by atoms with Gasteiger partial charge in [-0.05, 0) is 32.3 Å². The summed E-state index contributed by atoms with van der Waals surface area (Å²) in [6, 6.07) is 0. The lowest BCUT2D eigenvalue weighted by molar-refractivity contribution is 0.477. The molecule has 0 aromatic carbocycles. The molecule has 0 aliphatic carbocycles. The molecule has 3 nitrogen and oxygen atoms in total. The minimum Gasteiger partial charge on any atom is -0.326 e. The smallest absolute Gasteiger partial charge is 0.0525 e. The minimum absolute atomic E-state index is 0.101. The molecule has 0 amide bonds. The molecule has 1 aromatic heterocycles. The lowest BCUT2D eigenvalue weighted by atomic mass is 9.98. The molecule has 13 heavy (non-hydrogen) atoms. The average molecular weight is 179 g/mol. The van der Waals surface area contributed by atoms with Crippen LogP contribution in [0.5, 0.6) is 0 Å². The first-order valence-electron chi connectivity index (χ1n) is 4.46. The van der Waals surface area contributed by atoms with Gasteiger partial charge in [-0.25, -0.2) is 4.68 Å². The van der Waals surface area contributed by atoms with E-state index in [0.717, 1.165) is 12.8 Å². The first-order chi connectivity index (χ1) is 6.01. The molecule has 0 aliphatic heterocycles. The fourth-order valence-corrected chi connectivity index (χ4v) is 1.07. The summed E-state index contributed by atoms with van der Waals surface area (Å²) < 4.78 is 1.71. The number of nitrogens with two attached hydrogens (primary N) is 1. The highest BCUT2D eigenvalue weighted by atomic mass is 15.2. The maximum Gasteiger partial charge on any atom is 0.0525 e. The van der Waals surface area contributed by atoms with E-state index in [1.54, 1.807) is 10.9 Å². The maximum absolute atomic E-state index is 5.88. The van der Waals surface area contributed by atoms with Crippen LogP contribution in [0, 0.1) is 0 Å². The summed E-state index contributed by atoms with van der Waals surface area (Å²) in [6.07, 6.45) is 7.44. The number of hydrogen-bond donors (Lipinski definition) is 1. The fraction of sp³-hybridized carbons (Fsp3) is 0.500. The zero-order chi connectivity index (χ0) is 9.90. The lowest BCUT2D eigenvalue weighted by Crippen LogP contribution is -2.32. The van der Waals surface area contributed by atoms with Gasteiger partial charge in [0, 0.05) is 17.9 Å². The average Bonchev–Trinajstić information content (AvgIpc) is 2.47. The summed E-state index contributed by atoms with van der Waals surface area (Å²) in [7, 11) is 0. The molecule has 1 rings (SSSR count). The van der Waals surface area contributed by atoms with Crippen molar-refractivity contribution in [2.75, 3.05) is 0 Å². The molecule has 0 radical (unpaired) electrons. The third kappa shape index (κ3) is 3.42. The third-order valence-corrected chi connectivity index (χ3v) is 1.90. The first-order valence-corrected chi connectivity index (χ1v) is 4.46. The van der Waals surface area contributed by atoms with Crippen LogP contribution in [0.25, 0.3) is 6.20 Å². The topological polar surface area (TPSA) is 43.8 Å². The SMILES string of the molecule is C=Cn1cc(CCC(C)(C)N)cn1. The summed E-state index contributed by atoms with van der Waals surface area (Å²) in [5.41, 5.74) is 6.98. The highest BCUT2D eigenvalue weighted by Gasteiger charge is 2.10. The van der Waals surface area contributed by atoms with Gasteiger partial charge in [-0.1, -0.05) is 6.58 Å². The Labute approximate surface area is 79.2 Å².